The van der Waals surface area contributed by atoms with Crippen molar-refractivity contribution < 1.29 is 23.8 Å². The highest BCUT2D eigenvalue weighted by molar-refractivity contribution is 6.31. The minimum Gasteiger partial charge on any atom is -0.495 e. The second-order valence-electron chi connectivity index (χ2n) is 5.73. The molecule has 144 valence electrons. The van der Waals surface area contributed by atoms with Gasteiger partial charge in [-0.25, -0.2) is 0 Å². The first-order valence-electron chi connectivity index (χ1n) is 8.51. The van der Waals surface area contributed by atoms with Crippen molar-refractivity contribution in [2.75, 3.05) is 19.0 Å². The number of halogens is 1. The van der Waals surface area contributed by atoms with Gasteiger partial charge in [-0.1, -0.05) is 29.8 Å². The number of benzene rings is 2. The molecular formula is C20H22ClNO5. The molecule has 0 aliphatic heterocycles. The van der Waals surface area contributed by atoms with Crippen LogP contribution in [-0.2, 0) is 14.3 Å². The summed E-state index contributed by atoms with van der Waals surface area (Å²) in [5.41, 5.74) is 0.411. The lowest BCUT2D eigenvalue weighted by Crippen LogP contribution is -2.30. The molecule has 1 atom stereocenters. The van der Waals surface area contributed by atoms with Crippen LogP contribution in [0.5, 0.6) is 11.5 Å². The van der Waals surface area contributed by atoms with E-state index in [4.69, 9.17) is 25.8 Å². The first-order valence-corrected chi connectivity index (χ1v) is 8.89. The van der Waals surface area contributed by atoms with Crippen LogP contribution < -0.4 is 14.8 Å². The molecule has 0 radical (unpaired) electrons. The predicted molar refractivity (Wildman–Crippen MR) is 103 cm³/mol. The number of nitrogens with one attached hydrogen (secondary N) is 1. The summed E-state index contributed by atoms with van der Waals surface area (Å²) in [6.45, 7) is 1.89. The third-order valence-corrected chi connectivity index (χ3v) is 3.87. The van der Waals surface area contributed by atoms with Crippen molar-refractivity contribution in [3.8, 4) is 11.5 Å². The van der Waals surface area contributed by atoms with Crippen LogP contribution in [0.3, 0.4) is 0 Å². The Labute approximate surface area is 163 Å². The van der Waals surface area contributed by atoms with Gasteiger partial charge in [-0.05, 0) is 43.7 Å². The summed E-state index contributed by atoms with van der Waals surface area (Å²) in [6, 6.07) is 14.2. The zero-order valence-electron chi connectivity index (χ0n) is 15.2. The number of hydrogen-bond acceptors (Lipinski definition) is 5. The number of esters is 1. The lowest BCUT2D eigenvalue weighted by atomic mass is 10.2. The van der Waals surface area contributed by atoms with Crippen molar-refractivity contribution in [2.45, 2.75) is 25.9 Å². The maximum absolute atomic E-state index is 12.2. The van der Waals surface area contributed by atoms with Crippen LogP contribution in [0.1, 0.15) is 19.8 Å². The zero-order chi connectivity index (χ0) is 19.6. The summed E-state index contributed by atoms with van der Waals surface area (Å²) in [5, 5.41) is 3.10. The number of anilines is 1. The quantitative estimate of drug-likeness (QED) is 0.515. The minimum atomic E-state index is -0.948. The maximum Gasteiger partial charge on any atom is 0.306 e. The van der Waals surface area contributed by atoms with E-state index in [1.807, 2.05) is 30.3 Å². The Hall–Kier alpha value is -2.73. The van der Waals surface area contributed by atoms with Gasteiger partial charge in [0.2, 0.25) is 0 Å². The number of hydrogen-bond donors (Lipinski definition) is 1. The number of methoxy groups -OCH3 is 1. The molecule has 0 aliphatic carbocycles. The van der Waals surface area contributed by atoms with Gasteiger partial charge in [0.15, 0.2) is 6.10 Å². The molecule has 0 spiro atoms. The summed E-state index contributed by atoms with van der Waals surface area (Å²) in [4.78, 5) is 24.1. The Bertz CT molecular complexity index is 766. The summed E-state index contributed by atoms with van der Waals surface area (Å²) < 4.78 is 15.8. The van der Waals surface area contributed by atoms with Gasteiger partial charge in [0.25, 0.3) is 5.91 Å². The van der Waals surface area contributed by atoms with Gasteiger partial charge in [-0.15, -0.1) is 0 Å². The van der Waals surface area contributed by atoms with Crippen molar-refractivity contribution in [3.05, 3.63) is 53.6 Å². The molecule has 6 nitrogen and oxygen atoms in total. The highest BCUT2D eigenvalue weighted by Crippen LogP contribution is 2.27. The van der Waals surface area contributed by atoms with E-state index in [0.717, 1.165) is 5.75 Å². The molecule has 0 heterocycles. The van der Waals surface area contributed by atoms with Crippen LogP contribution in [0.2, 0.25) is 5.02 Å². The number of ether oxygens (including phenoxy) is 3. The van der Waals surface area contributed by atoms with Gasteiger partial charge in [-0.2, -0.15) is 0 Å². The Morgan fingerprint density at radius 2 is 1.89 bits per heavy atom. The molecule has 0 unspecified atom stereocenters. The number of para-hydroxylation sites is 1. The Morgan fingerprint density at radius 3 is 2.59 bits per heavy atom. The van der Waals surface area contributed by atoms with Gasteiger partial charge in [0, 0.05) is 11.4 Å². The van der Waals surface area contributed by atoms with Crippen LogP contribution in [0.15, 0.2) is 48.5 Å². The highest BCUT2D eigenvalue weighted by atomic mass is 35.5. The molecule has 0 fully saturated rings. The third kappa shape index (κ3) is 6.83. The summed E-state index contributed by atoms with van der Waals surface area (Å²) in [5.74, 6) is 0.273. The molecule has 0 bridgehead atoms. The average molecular weight is 392 g/mol. The summed E-state index contributed by atoms with van der Waals surface area (Å²) >= 11 is 5.93. The number of rotatable bonds is 9. The van der Waals surface area contributed by atoms with E-state index in [1.165, 1.54) is 14.0 Å². The van der Waals surface area contributed by atoms with E-state index >= 15 is 0 Å². The molecule has 2 aromatic rings. The van der Waals surface area contributed by atoms with E-state index in [-0.39, 0.29) is 6.42 Å². The third-order valence-electron chi connectivity index (χ3n) is 3.63. The molecule has 2 aromatic carbocycles. The Kier molecular flexibility index (Phi) is 7.95. The molecule has 2 rings (SSSR count). The lowest BCUT2D eigenvalue weighted by Gasteiger charge is -2.15. The van der Waals surface area contributed by atoms with Crippen LogP contribution in [0, 0.1) is 0 Å². The van der Waals surface area contributed by atoms with Crippen LogP contribution in [0.4, 0.5) is 5.69 Å². The van der Waals surface area contributed by atoms with Crippen LogP contribution in [-0.4, -0.2) is 31.7 Å². The van der Waals surface area contributed by atoms with Crippen molar-refractivity contribution >= 4 is 29.2 Å². The van der Waals surface area contributed by atoms with E-state index in [9.17, 15) is 9.59 Å². The highest BCUT2D eigenvalue weighted by Gasteiger charge is 2.19. The molecule has 0 saturated carbocycles. The fourth-order valence-electron chi connectivity index (χ4n) is 2.25. The second-order valence-corrected chi connectivity index (χ2v) is 6.17. The molecule has 1 N–H and O–H groups in total. The van der Waals surface area contributed by atoms with Crippen molar-refractivity contribution in [1.82, 2.24) is 0 Å². The van der Waals surface area contributed by atoms with E-state index in [0.29, 0.717) is 29.5 Å². The van der Waals surface area contributed by atoms with Crippen molar-refractivity contribution in [2.24, 2.45) is 0 Å². The lowest BCUT2D eigenvalue weighted by molar-refractivity contribution is -0.153. The largest absolute Gasteiger partial charge is 0.495 e. The molecule has 0 aromatic heterocycles. The number of carbonyl (C=O) groups excluding carboxylic acids is 2. The fourth-order valence-corrected chi connectivity index (χ4v) is 2.42. The van der Waals surface area contributed by atoms with Gasteiger partial charge in [0.05, 0.1) is 19.4 Å². The first kappa shape index (κ1) is 20.6. The van der Waals surface area contributed by atoms with Gasteiger partial charge in [0.1, 0.15) is 11.5 Å². The smallest absolute Gasteiger partial charge is 0.306 e. The van der Waals surface area contributed by atoms with E-state index < -0.39 is 18.0 Å². The van der Waals surface area contributed by atoms with Crippen molar-refractivity contribution in [1.29, 1.82) is 0 Å². The van der Waals surface area contributed by atoms with Crippen LogP contribution in [0.25, 0.3) is 0 Å². The summed E-state index contributed by atoms with van der Waals surface area (Å²) in [7, 11) is 1.49. The van der Waals surface area contributed by atoms with E-state index in [1.54, 1.807) is 18.2 Å². The topological polar surface area (TPSA) is 73.9 Å². The predicted octanol–water partition coefficient (Wildman–Crippen LogP) is 4.08. The first-order chi connectivity index (χ1) is 13.0. The standard InChI is InChI=1S/C20H22ClNO5/c1-14(20(24)22-17-13-15(21)10-11-18(17)25-2)27-19(23)9-6-12-26-16-7-4-3-5-8-16/h3-5,7-8,10-11,13-14H,6,9,12H2,1-2H3,(H,22,24)/t14-/m0/s1. The monoisotopic (exact) mass is 391 g/mol. The molecule has 0 aliphatic rings. The SMILES string of the molecule is COc1ccc(Cl)cc1NC(=O)[C@H](C)OC(=O)CCCOc1ccccc1. The molecule has 27 heavy (non-hydrogen) atoms. The van der Waals surface area contributed by atoms with Gasteiger partial charge >= 0.3 is 5.97 Å². The maximum atomic E-state index is 12.2. The molecular weight excluding hydrogens is 370 g/mol. The number of carbonyl (C=O) groups is 2. The van der Waals surface area contributed by atoms with Crippen LogP contribution >= 0.6 is 11.6 Å². The minimum absolute atomic E-state index is 0.158. The van der Waals surface area contributed by atoms with Crippen molar-refractivity contribution in [3.63, 3.8) is 0 Å². The molecule has 0 saturated heterocycles. The normalized spacial score (nSPS) is 11.4. The summed E-state index contributed by atoms with van der Waals surface area (Å²) in [6.07, 6.45) is -0.300. The molecule has 7 heteroatoms. The number of amides is 1. The Balaban J connectivity index is 1.75. The van der Waals surface area contributed by atoms with E-state index in [2.05, 4.69) is 5.32 Å². The Morgan fingerprint density at radius 1 is 1.15 bits per heavy atom. The fraction of sp³-hybridized carbons (Fsp3) is 0.300. The molecule has 1 amide bonds. The average Bonchev–Trinajstić information content (AvgIpc) is 2.66. The van der Waals surface area contributed by atoms with Gasteiger partial charge in [-0.3, -0.25) is 9.59 Å². The van der Waals surface area contributed by atoms with Gasteiger partial charge < -0.3 is 19.5 Å². The zero-order valence-corrected chi connectivity index (χ0v) is 16.0. The second kappa shape index (κ2) is 10.4.